The average Bonchev–Trinajstić information content (AvgIpc) is 2.36. The Morgan fingerprint density at radius 1 is 1.26 bits per heavy atom. The minimum absolute atomic E-state index is 0.0429. The maximum Gasteiger partial charge on any atom is 0.261 e. The normalized spacial score (nSPS) is 11.9. The lowest BCUT2D eigenvalue weighted by Crippen LogP contribution is -2.37. The van der Waals surface area contributed by atoms with Crippen molar-refractivity contribution in [2.75, 3.05) is 6.54 Å². The van der Waals surface area contributed by atoms with Crippen LogP contribution < -0.4 is 10.9 Å². The van der Waals surface area contributed by atoms with Crippen molar-refractivity contribution < 1.29 is 0 Å². The topological polar surface area (TPSA) is 46.9 Å². The van der Waals surface area contributed by atoms with Gasteiger partial charge in [0.1, 0.15) is 0 Å². The molecule has 0 spiro atoms. The summed E-state index contributed by atoms with van der Waals surface area (Å²) >= 11 is 0. The van der Waals surface area contributed by atoms with Gasteiger partial charge in [0, 0.05) is 12.1 Å². The third-order valence-corrected chi connectivity index (χ3v) is 2.96. The van der Waals surface area contributed by atoms with E-state index >= 15 is 0 Å². The fourth-order valence-corrected chi connectivity index (χ4v) is 1.98. The minimum atomic E-state index is 0.0429. The van der Waals surface area contributed by atoms with Crippen LogP contribution in [-0.4, -0.2) is 21.6 Å². The Balaban J connectivity index is 2.06. The predicted octanol–water partition coefficient (Wildman–Crippen LogP) is 2.17. The highest BCUT2D eigenvalue weighted by atomic mass is 16.1. The van der Waals surface area contributed by atoms with Crippen LogP contribution in [0, 0.1) is 0 Å². The lowest BCUT2D eigenvalue weighted by molar-refractivity contribution is 0.412. The van der Waals surface area contributed by atoms with E-state index in [-0.39, 0.29) is 11.1 Å². The molecule has 4 nitrogen and oxygen atoms in total. The van der Waals surface area contributed by atoms with Gasteiger partial charge < -0.3 is 5.32 Å². The van der Waals surface area contributed by atoms with E-state index in [2.05, 4.69) is 31.1 Å². The van der Waals surface area contributed by atoms with Gasteiger partial charge in [0.25, 0.3) is 5.56 Å². The Kier molecular flexibility index (Phi) is 4.00. The maximum atomic E-state index is 12.2. The highest BCUT2D eigenvalue weighted by Gasteiger charge is 2.08. The molecule has 0 aliphatic heterocycles. The van der Waals surface area contributed by atoms with Gasteiger partial charge in [-0.2, -0.15) is 0 Å². The van der Waals surface area contributed by atoms with Gasteiger partial charge >= 0.3 is 0 Å². The van der Waals surface area contributed by atoms with Crippen LogP contribution in [0.3, 0.4) is 0 Å². The summed E-state index contributed by atoms with van der Waals surface area (Å²) in [4.78, 5) is 16.5. The van der Waals surface area contributed by atoms with Crippen LogP contribution in [0.1, 0.15) is 27.2 Å². The fourth-order valence-electron chi connectivity index (χ4n) is 1.98. The summed E-state index contributed by atoms with van der Waals surface area (Å²) in [6.45, 7) is 7.99. The van der Waals surface area contributed by atoms with Gasteiger partial charge in [-0.15, -0.1) is 0 Å². The highest BCUT2D eigenvalue weighted by molar-refractivity contribution is 5.76. The molecule has 0 atom stereocenters. The average molecular weight is 259 g/mol. The van der Waals surface area contributed by atoms with Crippen LogP contribution in [0.25, 0.3) is 10.9 Å². The molecule has 1 aromatic carbocycles. The standard InChI is InChI=1S/C15H21N3O/c1-15(2,3)17-9-6-10-18-11-16-13-8-5-4-7-12(13)14(18)19/h4-5,7-8,11,17H,6,9-10H2,1-3H3. The van der Waals surface area contributed by atoms with E-state index in [0.717, 1.165) is 18.5 Å². The number of hydrogen-bond acceptors (Lipinski definition) is 3. The second-order valence-corrected chi connectivity index (χ2v) is 5.79. The molecule has 0 unspecified atom stereocenters. The summed E-state index contributed by atoms with van der Waals surface area (Å²) in [7, 11) is 0. The molecular formula is C15H21N3O. The summed E-state index contributed by atoms with van der Waals surface area (Å²) in [5.41, 5.74) is 0.921. The van der Waals surface area contributed by atoms with E-state index in [4.69, 9.17) is 0 Å². The number of benzene rings is 1. The van der Waals surface area contributed by atoms with Gasteiger partial charge in [-0.3, -0.25) is 9.36 Å². The molecule has 2 rings (SSSR count). The number of para-hydroxylation sites is 1. The summed E-state index contributed by atoms with van der Waals surface area (Å²) in [6, 6.07) is 7.46. The second-order valence-electron chi connectivity index (χ2n) is 5.79. The summed E-state index contributed by atoms with van der Waals surface area (Å²) in [6.07, 6.45) is 2.55. The molecule has 0 bridgehead atoms. The van der Waals surface area contributed by atoms with Crippen molar-refractivity contribution in [3.05, 3.63) is 40.9 Å². The van der Waals surface area contributed by atoms with E-state index in [1.807, 2.05) is 24.3 Å². The Hall–Kier alpha value is -1.68. The van der Waals surface area contributed by atoms with E-state index in [9.17, 15) is 4.79 Å². The summed E-state index contributed by atoms with van der Waals surface area (Å²) in [5.74, 6) is 0. The molecule has 2 aromatic rings. The largest absolute Gasteiger partial charge is 0.312 e. The van der Waals surface area contributed by atoms with Crippen LogP contribution in [0.2, 0.25) is 0 Å². The van der Waals surface area contributed by atoms with Gasteiger partial charge in [0.2, 0.25) is 0 Å². The number of nitrogens with zero attached hydrogens (tertiary/aromatic N) is 2. The van der Waals surface area contributed by atoms with Crippen molar-refractivity contribution in [3.8, 4) is 0 Å². The molecule has 1 N–H and O–H groups in total. The fraction of sp³-hybridized carbons (Fsp3) is 0.467. The smallest absolute Gasteiger partial charge is 0.261 e. The summed E-state index contributed by atoms with van der Waals surface area (Å²) < 4.78 is 1.69. The van der Waals surface area contributed by atoms with Crippen molar-refractivity contribution in [1.82, 2.24) is 14.9 Å². The SMILES string of the molecule is CC(C)(C)NCCCn1cnc2ccccc2c1=O. The van der Waals surface area contributed by atoms with Crippen LogP contribution in [0.4, 0.5) is 0 Å². The molecule has 1 heterocycles. The summed E-state index contributed by atoms with van der Waals surface area (Å²) in [5, 5.41) is 4.10. The van der Waals surface area contributed by atoms with Gasteiger partial charge in [0.05, 0.1) is 17.2 Å². The third kappa shape index (κ3) is 3.64. The zero-order valence-electron chi connectivity index (χ0n) is 11.8. The van der Waals surface area contributed by atoms with Crippen molar-refractivity contribution in [2.45, 2.75) is 39.3 Å². The molecule has 1 aromatic heterocycles. The Morgan fingerprint density at radius 2 is 2.00 bits per heavy atom. The van der Waals surface area contributed by atoms with Crippen LogP contribution >= 0.6 is 0 Å². The van der Waals surface area contributed by atoms with Gasteiger partial charge in [-0.1, -0.05) is 12.1 Å². The lowest BCUT2D eigenvalue weighted by Gasteiger charge is -2.20. The van der Waals surface area contributed by atoms with Gasteiger partial charge in [0.15, 0.2) is 0 Å². The number of rotatable bonds is 4. The molecular weight excluding hydrogens is 238 g/mol. The van der Waals surface area contributed by atoms with E-state index in [1.165, 1.54) is 0 Å². The molecule has 19 heavy (non-hydrogen) atoms. The van der Waals surface area contributed by atoms with E-state index < -0.39 is 0 Å². The van der Waals surface area contributed by atoms with E-state index in [0.29, 0.717) is 11.9 Å². The number of fused-ring (bicyclic) bond motifs is 1. The minimum Gasteiger partial charge on any atom is -0.312 e. The predicted molar refractivity (Wildman–Crippen MR) is 78.4 cm³/mol. The monoisotopic (exact) mass is 259 g/mol. The van der Waals surface area contributed by atoms with Crippen molar-refractivity contribution >= 4 is 10.9 Å². The van der Waals surface area contributed by atoms with Crippen LogP contribution in [-0.2, 0) is 6.54 Å². The lowest BCUT2D eigenvalue weighted by atomic mass is 10.1. The highest BCUT2D eigenvalue weighted by Crippen LogP contribution is 2.05. The first-order valence-corrected chi connectivity index (χ1v) is 6.66. The molecule has 4 heteroatoms. The Morgan fingerprint density at radius 3 is 2.74 bits per heavy atom. The Bertz CT molecular complexity index is 611. The first-order chi connectivity index (χ1) is 8.97. The molecule has 0 aliphatic carbocycles. The molecule has 0 saturated carbocycles. The van der Waals surface area contributed by atoms with Crippen molar-refractivity contribution in [3.63, 3.8) is 0 Å². The number of nitrogens with one attached hydrogen (secondary N) is 1. The maximum absolute atomic E-state index is 12.2. The van der Waals surface area contributed by atoms with Gasteiger partial charge in [-0.05, 0) is 45.9 Å². The number of aryl methyl sites for hydroxylation is 1. The zero-order valence-corrected chi connectivity index (χ0v) is 11.8. The molecule has 0 fully saturated rings. The first-order valence-electron chi connectivity index (χ1n) is 6.66. The molecule has 0 radical (unpaired) electrons. The first kappa shape index (κ1) is 13.7. The molecule has 0 amide bonds. The second kappa shape index (κ2) is 5.53. The van der Waals surface area contributed by atoms with Crippen molar-refractivity contribution in [2.24, 2.45) is 0 Å². The number of hydrogen-bond donors (Lipinski definition) is 1. The number of aromatic nitrogens is 2. The molecule has 102 valence electrons. The van der Waals surface area contributed by atoms with Gasteiger partial charge in [-0.25, -0.2) is 4.98 Å². The zero-order chi connectivity index (χ0) is 13.9. The van der Waals surface area contributed by atoms with Crippen molar-refractivity contribution in [1.29, 1.82) is 0 Å². The Labute approximate surface area is 113 Å². The molecule has 0 aliphatic rings. The van der Waals surface area contributed by atoms with Crippen LogP contribution in [0.5, 0.6) is 0 Å². The third-order valence-electron chi connectivity index (χ3n) is 2.96. The quantitative estimate of drug-likeness (QED) is 0.856. The molecule has 0 saturated heterocycles. The van der Waals surface area contributed by atoms with E-state index in [1.54, 1.807) is 10.9 Å². The van der Waals surface area contributed by atoms with Crippen LogP contribution in [0.15, 0.2) is 35.4 Å².